The maximum Gasteiger partial charge on any atom is 0.149 e. The maximum atomic E-state index is 5.97. The van der Waals surface area contributed by atoms with Gasteiger partial charge >= 0.3 is 0 Å². The first-order valence-corrected chi connectivity index (χ1v) is 6.49. The van der Waals surface area contributed by atoms with Crippen molar-refractivity contribution < 1.29 is 0 Å². The van der Waals surface area contributed by atoms with Crippen molar-refractivity contribution in [3.63, 3.8) is 0 Å². The second-order valence-electron chi connectivity index (χ2n) is 5.82. The molecule has 0 aromatic carbocycles. The van der Waals surface area contributed by atoms with E-state index in [-0.39, 0.29) is 0 Å². The van der Waals surface area contributed by atoms with Gasteiger partial charge < -0.3 is 11.1 Å². The minimum absolute atomic E-state index is 0.329. The lowest BCUT2D eigenvalue weighted by molar-refractivity contribution is 0.216. The largest absolute Gasteiger partial charge is 0.396 e. The van der Waals surface area contributed by atoms with Crippen LogP contribution in [0.3, 0.4) is 0 Å². The average molecular weight is 233 g/mol. The molecule has 1 aromatic rings. The number of hydrogen-bond donors (Lipinski definition) is 2. The lowest BCUT2D eigenvalue weighted by Crippen LogP contribution is -2.39. The summed E-state index contributed by atoms with van der Waals surface area (Å²) in [5.74, 6) is 0.852. The summed E-state index contributed by atoms with van der Waals surface area (Å²) in [7, 11) is 0. The quantitative estimate of drug-likeness (QED) is 0.823. The number of aromatic nitrogens is 1. The number of nitrogens with zero attached hydrogens (tertiary/aromatic N) is 1. The summed E-state index contributed by atoms with van der Waals surface area (Å²) in [5.41, 5.74) is 8.06. The van der Waals surface area contributed by atoms with E-state index in [0.717, 1.165) is 17.2 Å². The maximum absolute atomic E-state index is 5.97. The van der Waals surface area contributed by atoms with Gasteiger partial charge in [0.25, 0.3) is 0 Å². The van der Waals surface area contributed by atoms with E-state index >= 15 is 0 Å². The molecule has 0 bridgehead atoms. The average Bonchev–Trinajstić information content (AvgIpc) is 2.26. The van der Waals surface area contributed by atoms with Crippen LogP contribution < -0.4 is 11.1 Å². The highest BCUT2D eigenvalue weighted by molar-refractivity contribution is 5.61. The number of nitrogen functional groups attached to an aromatic ring is 1. The van der Waals surface area contributed by atoms with E-state index in [9.17, 15) is 0 Å². The number of rotatable bonds is 2. The molecule has 3 N–H and O–H groups in total. The Kier molecular flexibility index (Phi) is 3.27. The summed E-state index contributed by atoms with van der Waals surface area (Å²) in [6.45, 7) is 6.66. The number of anilines is 2. The molecule has 3 nitrogen and oxygen atoms in total. The highest BCUT2D eigenvalue weighted by atomic mass is 15.0. The zero-order chi connectivity index (χ0) is 12.5. The number of nitrogens with two attached hydrogens (primary N) is 1. The summed E-state index contributed by atoms with van der Waals surface area (Å²) in [4.78, 5) is 4.50. The molecule has 1 aliphatic carbocycles. The summed E-state index contributed by atoms with van der Waals surface area (Å²) in [6, 6.07) is 4.36. The van der Waals surface area contributed by atoms with E-state index in [4.69, 9.17) is 5.73 Å². The van der Waals surface area contributed by atoms with Crippen LogP contribution in [-0.2, 0) is 0 Å². The van der Waals surface area contributed by atoms with Gasteiger partial charge in [0.1, 0.15) is 5.82 Å². The van der Waals surface area contributed by atoms with Crippen molar-refractivity contribution in [2.45, 2.75) is 52.5 Å². The van der Waals surface area contributed by atoms with Gasteiger partial charge in [0, 0.05) is 11.7 Å². The fraction of sp³-hybridized carbons (Fsp3) is 0.643. The predicted molar refractivity (Wildman–Crippen MR) is 73.0 cm³/mol. The first kappa shape index (κ1) is 12.2. The molecule has 1 aromatic heterocycles. The third-order valence-corrected chi connectivity index (χ3v) is 3.88. The Hall–Kier alpha value is -1.25. The van der Waals surface area contributed by atoms with Gasteiger partial charge in [-0.25, -0.2) is 4.98 Å². The molecule has 1 aliphatic rings. The molecule has 0 spiro atoms. The Bertz CT molecular complexity index is 398. The Balaban J connectivity index is 2.16. The molecule has 94 valence electrons. The third-order valence-electron chi connectivity index (χ3n) is 3.88. The van der Waals surface area contributed by atoms with Crippen molar-refractivity contribution in [2.24, 2.45) is 5.41 Å². The topological polar surface area (TPSA) is 50.9 Å². The van der Waals surface area contributed by atoms with Gasteiger partial charge in [-0.1, -0.05) is 26.7 Å². The standard InChI is InChI=1S/C14H23N3/c1-10-7-8-11(15)13(16-10)17-12-6-4-5-9-14(12,2)3/h7-8,12H,4-6,9,15H2,1-3H3,(H,16,17). The molecule has 1 unspecified atom stereocenters. The SMILES string of the molecule is Cc1ccc(N)c(NC2CCCCC2(C)C)n1. The molecule has 1 heterocycles. The fourth-order valence-corrected chi connectivity index (χ4v) is 2.61. The van der Waals surface area contributed by atoms with Crippen LogP contribution in [0.25, 0.3) is 0 Å². The highest BCUT2D eigenvalue weighted by Crippen LogP contribution is 2.37. The van der Waals surface area contributed by atoms with Gasteiger partial charge in [0.15, 0.2) is 0 Å². The normalized spacial score (nSPS) is 23.4. The van der Waals surface area contributed by atoms with Crippen LogP contribution in [0.15, 0.2) is 12.1 Å². The number of pyridine rings is 1. The van der Waals surface area contributed by atoms with Crippen LogP contribution in [0.5, 0.6) is 0 Å². The van der Waals surface area contributed by atoms with Crippen LogP contribution in [0, 0.1) is 12.3 Å². The van der Waals surface area contributed by atoms with Crippen molar-refractivity contribution in [2.75, 3.05) is 11.1 Å². The summed E-state index contributed by atoms with van der Waals surface area (Å²) in [5, 5.41) is 3.54. The monoisotopic (exact) mass is 233 g/mol. The first-order chi connectivity index (χ1) is 7.99. The minimum Gasteiger partial charge on any atom is -0.396 e. The molecule has 2 rings (SSSR count). The Morgan fingerprint density at radius 2 is 2.12 bits per heavy atom. The molecule has 3 heteroatoms. The summed E-state index contributed by atoms with van der Waals surface area (Å²) in [6.07, 6.45) is 5.12. The predicted octanol–water partition coefficient (Wildman–Crippen LogP) is 3.35. The fourth-order valence-electron chi connectivity index (χ4n) is 2.61. The second-order valence-corrected chi connectivity index (χ2v) is 5.82. The molecule has 1 fully saturated rings. The molecular weight excluding hydrogens is 210 g/mol. The highest BCUT2D eigenvalue weighted by Gasteiger charge is 2.32. The van der Waals surface area contributed by atoms with E-state index in [1.54, 1.807) is 0 Å². The smallest absolute Gasteiger partial charge is 0.149 e. The van der Waals surface area contributed by atoms with E-state index in [1.807, 2.05) is 19.1 Å². The third kappa shape index (κ3) is 2.71. The van der Waals surface area contributed by atoms with Crippen LogP contribution in [0.1, 0.15) is 45.2 Å². The first-order valence-electron chi connectivity index (χ1n) is 6.49. The van der Waals surface area contributed by atoms with Gasteiger partial charge in [-0.15, -0.1) is 0 Å². The Morgan fingerprint density at radius 1 is 1.35 bits per heavy atom. The Morgan fingerprint density at radius 3 is 2.82 bits per heavy atom. The zero-order valence-corrected chi connectivity index (χ0v) is 11.1. The molecule has 0 aliphatic heterocycles. The van der Waals surface area contributed by atoms with Crippen molar-refractivity contribution in [1.29, 1.82) is 0 Å². The van der Waals surface area contributed by atoms with Crippen LogP contribution in [0.2, 0.25) is 0 Å². The van der Waals surface area contributed by atoms with Crippen molar-refractivity contribution >= 4 is 11.5 Å². The molecule has 0 radical (unpaired) electrons. The second kappa shape index (κ2) is 4.55. The number of hydrogen-bond acceptors (Lipinski definition) is 3. The molecule has 17 heavy (non-hydrogen) atoms. The van der Waals surface area contributed by atoms with Gasteiger partial charge in [0.05, 0.1) is 5.69 Å². The lowest BCUT2D eigenvalue weighted by atomic mass is 9.73. The number of aryl methyl sites for hydroxylation is 1. The van der Waals surface area contributed by atoms with Crippen molar-refractivity contribution in [3.05, 3.63) is 17.8 Å². The molecule has 0 amide bonds. The van der Waals surface area contributed by atoms with Crippen LogP contribution in [0.4, 0.5) is 11.5 Å². The minimum atomic E-state index is 0.329. The molecule has 0 saturated heterocycles. The molecular formula is C14H23N3. The van der Waals surface area contributed by atoms with E-state index < -0.39 is 0 Å². The van der Waals surface area contributed by atoms with Gasteiger partial charge in [-0.3, -0.25) is 0 Å². The van der Waals surface area contributed by atoms with E-state index in [1.165, 1.54) is 25.7 Å². The van der Waals surface area contributed by atoms with Gasteiger partial charge in [-0.05, 0) is 37.3 Å². The van der Waals surface area contributed by atoms with Crippen LogP contribution >= 0.6 is 0 Å². The number of nitrogens with one attached hydrogen (secondary N) is 1. The summed E-state index contributed by atoms with van der Waals surface area (Å²) >= 11 is 0. The lowest BCUT2D eigenvalue weighted by Gasteiger charge is -2.39. The van der Waals surface area contributed by atoms with Crippen molar-refractivity contribution in [3.8, 4) is 0 Å². The van der Waals surface area contributed by atoms with Crippen LogP contribution in [-0.4, -0.2) is 11.0 Å². The van der Waals surface area contributed by atoms with E-state index in [2.05, 4.69) is 24.1 Å². The van der Waals surface area contributed by atoms with Crippen molar-refractivity contribution in [1.82, 2.24) is 4.98 Å². The van der Waals surface area contributed by atoms with E-state index in [0.29, 0.717) is 11.5 Å². The zero-order valence-electron chi connectivity index (χ0n) is 11.1. The van der Waals surface area contributed by atoms with Gasteiger partial charge in [0.2, 0.25) is 0 Å². The van der Waals surface area contributed by atoms with Gasteiger partial charge in [-0.2, -0.15) is 0 Å². The molecule has 1 atom stereocenters. The summed E-state index contributed by atoms with van der Waals surface area (Å²) < 4.78 is 0. The Labute approximate surface area is 104 Å². The molecule has 1 saturated carbocycles.